The minimum atomic E-state index is 0.857. The molecule has 0 aliphatic carbocycles. The van der Waals surface area contributed by atoms with Gasteiger partial charge in [0.2, 0.25) is 0 Å². The summed E-state index contributed by atoms with van der Waals surface area (Å²) in [6.07, 6.45) is 3.29. The van der Waals surface area contributed by atoms with Crippen LogP contribution in [0.5, 0.6) is 0 Å². The minimum absolute atomic E-state index is 0.857. The molecule has 1 aromatic rings. The molecular formula is C14H22BrN3S. The smallest absolute Gasteiger partial charge is 0.193 e. The Morgan fingerprint density at radius 1 is 1.37 bits per heavy atom. The van der Waals surface area contributed by atoms with Gasteiger partial charge in [-0.05, 0) is 36.1 Å². The summed E-state index contributed by atoms with van der Waals surface area (Å²) in [5.41, 5.74) is 1.28. The first kappa shape index (κ1) is 16.4. The maximum absolute atomic E-state index is 4.31. The molecule has 0 aliphatic rings. The summed E-state index contributed by atoms with van der Waals surface area (Å²) < 4.78 is 1.11. The van der Waals surface area contributed by atoms with Gasteiger partial charge in [0.1, 0.15) is 0 Å². The van der Waals surface area contributed by atoms with E-state index in [4.69, 9.17) is 0 Å². The van der Waals surface area contributed by atoms with Gasteiger partial charge >= 0.3 is 0 Å². The van der Waals surface area contributed by atoms with Gasteiger partial charge in [0.25, 0.3) is 0 Å². The lowest BCUT2D eigenvalue weighted by Crippen LogP contribution is -2.39. The molecule has 1 N–H and O–H groups in total. The zero-order valence-corrected chi connectivity index (χ0v) is 14.2. The van der Waals surface area contributed by atoms with E-state index in [-0.39, 0.29) is 0 Å². The zero-order chi connectivity index (χ0) is 14.1. The van der Waals surface area contributed by atoms with E-state index >= 15 is 0 Å². The van der Waals surface area contributed by atoms with E-state index in [2.05, 4.69) is 68.7 Å². The van der Waals surface area contributed by atoms with Crippen molar-refractivity contribution in [3.05, 3.63) is 34.3 Å². The molecule has 0 saturated carbocycles. The maximum atomic E-state index is 4.31. The molecule has 0 aliphatic heterocycles. The van der Waals surface area contributed by atoms with E-state index in [0.29, 0.717) is 0 Å². The van der Waals surface area contributed by atoms with Crippen molar-refractivity contribution in [3.8, 4) is 0 Å². The summed E-state index contributed by atoms with van der Waals surface area (Å²) in [6, 6.07) is 8.39. The highest BCUT2D eigenvalue weighted by atomic mass is 79.9. The number of halogens is 1. The first-order valence-electron chi connectivity index (χ1n) is 6.32. The summed E-state index contributed by atoms with van der Waals surface area (Å²) in [6.45, 7) is 1.83. The molecule has 0 saturated heterocycles. The van der Waals surface area contributed by atoms with Gasteiger partial charge in [-0.2, -0.15) is 11.8 Å². The molecule has 0 atom stereocenters. The van der Waals surface area contributed by atoms with Crippen molar-refractivity contribution in [1.29, 1.82) is 0 Å². The highest BCUT2D eigenvalue weighted by Gasteiger charge is 2.05. The van der Waals surface area contributed by atoms with Gasteiger partial charge in [-0.3, -0.25) is 4.99 Å². The molecule has 0 amide bonds. The number of nitrogens with zero attached hydrogens (tertiary/aromatic N) is 2. The summed E-state index contributed by atoms with van der Waals surface area (Å²) in [4.78, 5) is 6.46. The SMILES string of the molecule is CN=C(NCCCSC)N(C)Cc1ccc(Br)cc1. The lowest BCUT2D eigenvalue weighted by Gasteiger charge is -2.22. The quantitative estimate of drug-likeness (QED) is 0.488. The van der Waals surface area contributed by atoms with E-state index in [1.807, 2.05) is 18.8 Å². The molecule has 0 fully saturated rings. The van der Waals surface area contributed by atoms with Gasteiger partial charge < -0.3 is 10.2 Å². The number of benzene rings is 1. The lowest BCUT2D eigenvalue weighted by molar-refractivity contribution is 0.477. The third-order valence-electron chi connectivity index (χ3n) is 2.71. The first-order valence-corrected chi connectivity index (χ1v) is 8.51. The Kier molecular flexibility index (Phi) is 7.98. The van der Waals surface area contributed by atoms with Gasteiger partial charge in [-0.15, -0.1) is 0 Å². The first-order chi connectivity index (χ1) is 9.17. The predicted molar refractivity (Wildman–Crippen MR) is 90.0 cm³/mol. The highest BCUT2D eigenvalue weighted by Crippen LogP contribution is 2.11. The van der Waals surface area contributed by atoms with Gasteiger partial charge in [0.15, 0.2) is 5.96 Å². The second-order valence-corrected chi connectivity index (χ2v) is 6.20. The van der Waals surface area contributed by atoms with Crippen molar-refractivity contribution in [2.75, 3.05) is 32.6 Å². The molecule has 0 heterocycles. The normalized spacial score (nSPS) is 11.5. The maximum Gasteiger partial charge on any atom is 0.193 e. The summed E-state index contributed by atoms with van der Waals surface area (Å²) in [5, 5.41) is 3.39. The van der Waals surface area contributed by atoms with Crippen LogP contribution in [0.3, 0.4) is 0 Å². The highest BCUT2D eigenvalue weighted by molar-refractivity contribution is 9.10. The van der Waals surface area contributed by atoms with Crippen molar-refractivity contribution in [2.24, 2.45) is 4.99 Å². The van der Waals surface area contributed by atoms with Crippen molar-refractivity contribution in [3.63, 3.8) is 0 Å². The van der Waals surface area contributed by atoms with E-state index in [1.54, 1.807) is 0 Å². The molecule has 3 nitrogen and oxygen atoms in total. The third-order valence-corrected chi connectivity index (χ3v) is 3.94. The van der Waals surface area contributed by atoms with Crippen LogP contribution < -0.4 is 5.32 Å². The number of nitrogens with one attached hydrogen (secondary N) is 1. The molecule has 19 heavy (non-hydrogen) atoms. The fourth-order valence-electron chi connectivity index (χ4n) is 1.74. The van der Waals surface area contributed by atoms with Crippen LogP contribution in [0.15, 0.2) is 33.7 Å². The number of aliphatic imine (C=N–C) groups is 1. The molecule has 5 heteroatoms. The van der Waals surface area contributed by atoms with Crippen LogP contribution >= 0.6 is 27.7 Å². The summed E-state index contributed by atoms with van der Waals surface area (Å²) >= 11 is 5.33. The largest absolute Gasteiger partial charge is 0.356 e. The lowest BCUT2D eigenvalue weighted by atomic mass is 10.2. The molecule has 106 valence electrons. The van der Waals surface area contributed by atoms with Gasteiger partial charge in [-0.25, -0.2) is 0 Å². The topological polar surface area (TPSA) is 27.6 Å². The third kappa shape index (κ3) is 6.34. The van der Waals surface area contributed by atoms with Crippen molar-refractivity contribution >= 4 is 33.7 Å². The second-order valence-electron chi connectivity index (χ2n) is 4.30. The fourth-order valence-corrected chi connectivity index (χ4v) is 2.44. The average molecular weight is 344 g/mol. The Labute approximate surface area is 129 Å². The summed E-state index contributed by atoms with van der Waals surface area (Å²) in [5.74, 6) is 2.13. The van der Waals surface area contributed by atoms with Crippen molar-refractivity contribution < 1.29 is 0 Å². The van der Waals surface area contributed by atoms with Crippen molar-refractivity contribution in [1.82, 2.24) is 10.2 Å². The van der Waals surface area contributed by atoms with E-state index < -0.39 is 0 Å². The molecule has 0 unspecified atom stereocenters. The van der Waals surface area contributed by atoms with E-state index in [0.717, 1.165) is 29.9 Å². The fraction of sp³-hybridized carbons (Fsp3) is 0.500. The minimum Gasteiger partial charge on any atom is -0.356 e. The van der Waals surface area contributed by atoms with Crippen LogP contribution in [0.25, 0.3) is 0 Å². The average Bonchev–Trinajstić information content (AvgIpc) is 2.41. The Bertz CT molecular complexity index is 392. The Morgan fingerprint density at radius 3 is 2.63 bits per heavy atom. The second kappa shape index (κ2) is 9.26. The van der Waals surface area contributed by atoms with Gasteiger partial charge in [-0.1, -0.05) is 28.1 Å². The monoisotopic (exact) mass is 343 g/mol. The number of hydrogen-bond donors (Lipinski definition) is 1. The molecule has 1 aromatic carbocycles. The van der Waals surface area contributed by atoms with Crippen LogP contribution in [-0.2, 0) is 6.54 Å². The standard InChI is InChI=1S/C14H22BrN3S/c1-16-14(17-9-4-10-19-3)18(2)11-12-5-7-13(15)8-6-12/h5-8H,4,9-11H2,1-3H3,(H,16,17). The predicted octanol–water partition coefficient (Wildman–Crippen LogP) is 3.21. The molecule has 0 radical (unpaired) electrons. The number of thioether (sulfide) groups is 1. The van der Waals surface area contributed by atoms with Gasteiger partial charge in [0, 0.05) is 31.7 Å². The summed E-state index contributed by atoms with van der Waals surface area (Å²) in [7, 11) is 3.89. The van der Waals surface area contributed by atoms with Crippen molar-refractivity contribution in [2.45, 2.75) is 13.0 Å². The Balaban J connectivity index is 2.45. The van der Waals surface area contributed by atoms with Crippen LogP contribution in [0.1, 0.15) is 12.0 Å². The molecule has 0 bridgehead atoms. The van der Waals surface area contributed by atoms with Gasteiger partial charge in [0.05, 0.1) is 0 Å². The van der Waals surface area contributed by atoms with Crippen LogP contribution in [0.4, 0.5) is 0 Å². The molecule has 1 rings (SSSR count). The Morgan fingerprint density at radius 2 is 2.05 bits per heavy atom. The number of rotatable bonds is 6. The van der Waals surface area contributed by atoms with Crippen LogP contribution in [-0.4, -0.2) is 43.5 Å². The van der Waals surface area contributed by atoms with Crippen LogP contribution in [0, 0.1) is 0 Å². The Hall–Kier alpha value is -0.680. The number of hydrogen-bond acceptors (Lipinski definition) is 2. The number of guanidine groups is 1. The molecule has 0 aromatic heterocycles. The van der Waals surface area contributed by atoms with E-state index in [9.17, 15) is 0 Å². The van der Waals surface area contributed by atoms with E-state index in [1.165, 1.54) is 11.3 Å². The van der Waals surface area contributed by atoms with Crippen LogP contribution in [0.2, 0.25) is 0 Å². The molecular weight excluding hydrogens is 322 g/mol. The molecule has 0 spiro atoms. The zero-order valence-electron chi connectivity index (χ0n) is 11.8.